The maximum atomic E-state index is 14.4. The van der Waals surface area contributed by atoms with E-state index in [1.54, 1.807) is 24.0 Å². The molecule has 1 aliphatic heterocycles. The van der Waals surface area contributed by atoms with E-state index in [0.717, 1.165) is 24.1 Å². The number of anilines is 1. The number of hydrogen-bond donors (Lipinski definition) is 3. The summed E-state index contributed by atoms with van der Waals surface area (Å²) in [5.74, 6) is -0.508. The number of aliphatic hydroxyl groups is 3. The van der Waals surface area contributed by atoms with Crippen LogP contribution in [0, 0.1) is 34.5 Å². The second kappa shape index (κ2) is 8.01. The van der Waals surface area contributed by atoms with Crippen molar-refractivity contribution in [3.63, 3.8) is 0 Å². The summed E-state index contributed by atoms with van der Waals surface area (Å²) >= 11 is 0. The van der Waals surface area contributed by atoms with Crippen LogP contribution in [0.5, 0.6) is 0 Å². The number of para-hydroxylation sites is 1. The van der Waals surface area contributed by atoms with E-state index < -0.39 is 35.2 Å². The van der Waals surface area contributed by atoms with Gasteiger partial charge in [-0.25, -0.2) is 4.79 Å². The molecule has 0 radical (unpaired) electrons. The number of allylic oxidation sites excluding steroid dienone is 1. The van der Waals surface area contributed by atoms with Crippen LogP contribution in [0.1, 0.15) is 46.1 Å². The zero-order valence-corrected chi connectivity index (χ0v) is 22.0. The number of ether oxygens (including phenoxy) is 1. The molecule has 2 saturated carbocycles. The van der Waals surface area contributed by atoms with Gasteiger partial charge in [-0.05, 0) is 65.7 Å². The van der Waals surface area contributed by atoms with E-state index in [1.807, 2.05) is 31.2 Å². The van der Waals surface area contributed by atoms with Crippen LogP contribution in [0.15, 0.2) is 47.6 Å². The third-order valence-electron chi connectivity index (χ3n) is 10.5. The standard InChI is InChI=1S/C30H37NO6/c1-5-19-13-21-23(28(21,3)4)20-12-18(15-37-27(35)31-11-10-17-8-6-7-9-22(17)31)25(33)30(36)24(32)16(2)14-29(19,30)26(20)34/h6-9,12,14,19-21,23-25,32-33,36H,5,10-11,13,15H2,1-4H3/t19-,20+,21-,23+,24+,25-,29+,30-/m1/s1. The molecule has 0 aromatic heterocycles. The normalized spacial score (nSPS) is 41.1. The molecule has 8 atom stereocenters. The summed E-state index contributed by atoms with van der Waals surface area (Å²) in [5.41, 5.74) is -0.905. The SMILES string of the molecule is CC[C@@H]1C[C@@H]2[C@H]([C@@H]3C=C(COC(=O)N4CCc5ccccc54)[C@@H](O)[C@]4(O)[C@@H](O)C(C)=C[C@@]14C3=O)C2(C)C. The first-order valence-electron chi connectivity index (χ1n) is 13.5. The molecular formula is C30H37NO6. The summed E-state index contributed by atoms with van der Waals surface area (Å²) in [6.45, 7) is 8.31. The van der Waals surface area contributed by atoms with E-state index in [1.165, 1.54) is 0 Å². The lowest BCUT2D eigenvalue weighted by atomic mass is 9.58. The Labute approximate surface area is 217 Å². The zero-order chi connectivity index (χ0) is 26.5. The fourth-order valence-electron chi connectivity index (χ4n) is 8.45. The zero-order valence-electron chi connectivity index (χ0n) is 22.0. The summed E-state index contributed by atoms with van der Waals surface area (Å²) < 4.78 is 5.71. The van der Waals surface area contributed by atoms with Crippen LogP contribution in [-0.2, 0) is 16.0 Å². The van der Waals surface area contributed by atoms with Crippen molar-refractivity contribution in [3.05, 3.63) is 53.1 Å². The maximum absolute atomic E-state index is 14.4. The maximum Gasteiger partial charge on any atom is 0.414 e. The number of nitrogens with zero attached hydrogens (tertiary/aromatic N) is 1. The Morgan fingerprint density at radius 1 is 1.19 bits per heavy atom. The number of Topliss-reactive ketones (excluding diaryl/α,β-unsaturated/α-hetero) is 1. The van der Waals surface area contributed by atoms with Crippen molar-refractivity contribution in [1.82, 2.24) is 0 Å². The quantitative estimate of drug-likeness (QED) is 0.542. The van der Waals surface area contributed by atoms with Gasteiger partial charge in [-0.2, -0.15) is 0 Å². The lowest BCUT2D eigenvalue weighted by Crippen LogP contribution is -2.65. The van der Waals surface area contributed by atoms with Crippen molar-refractivity contribution in [2.75, 3.05) is 18.1 Å². The third kappa shape index (κ3) is 3.05. The summed E-state index contributed by atoms with van der Waals surface area (Å²) in [6, 6.07) is 7.68. The molecule has 37 heavy (non-hydrogen) atoms. The molecule has 1 spiro atoms. The first-order valence-corrected chi connectivity index (χ1v) is 13.5. The number of carbonyl (C=O) groups excluding carboxylic acids is 2. The molecule has 2 fully saturated rings. The number of hydrogen-bond acceptors (Lipinski definition) is 6. The van der Waals surface area contributed by atoms with E-state index in [4.69, 9.17) is 4.74 Å². The van der Waals surface area contributed by atoms with Gasteiger partial charge in [0.15, 0.2) is 5.78 Å². The minimum Gasteiger partial charge on any atom is -0.445 e. The Morgan fingerprint density at radius 2 is 1.92 bits per heavy atom. The summed E-state index contributed by atoms with van der Waals surface area (Å²) in [7, 11) is 0. The van der Waals surface area contributed by atoms with Gasteiger partial charge in [0.25, 0.3) is 0 Å². The molecule has 198 valence electrons. The van der Waals surface area contributed by atoms with Gasteiger partial charge >= 0.3 is 6.09 Å². The number of amides is 1. The average molecular weight is 508 g/mol. The molecule has 3 N–H and O–H groups in total. The number of carbonyl (C=O) groups is 2. The fraction of sp³-hybridized carbons (Fsp3) is 0.600. The second-order valence-electron chi connectivity index (χ2n) is 12.4. The van der Waals surface area contributed by atoms with Crippen LogP contribution in [0.2, 0.25) is 0 Å². The van der Waals surface area contributed by atoms with Crippen molar-refractivity contribution in [1.29, 1.82) is 0 Å². The molecule has 4 aliphatic carbocycles. The third-order valence-corrected chi connectivity index (χ3v) is 10.5. The van der Waals surface area contributed by atoms with Gasteiger partial charge in [-0.1, -0.05) is 57.5 Å². The number of fused-ring (bicyclic) bond motifs is 4. The van der Waals surface area contributed by atoms with Gasteiger partial charge in [0.1, 0.15) is 24.4 Å². The largest absolute Gasteiger partial charge is 0.445 e. The molecular weight excluding hydrogens is 470 g/mol. The highest BCUT2D eigenvalue weighted by Crippen LogP contribution is 2.72. The van der Waals surface area contributed by atoms with Crippen molar-refractivity contribution in [2.45, 2.75) is 64.8 Å². The Balaban J connectivity index is 1.38. The van der Waals surface area contributed by atoms with Crippen LogP contribution < -0.4 is 4.90 Å². The van der Waals surface area contributed by atoms with Crippen LogP contribution in [-0.4, -0.2) is 58.2 Å². The van der Waals surface area contributed by atoms with Gasteiger partial charge in [-0.3, -0.25) is 9.69 Å². The van der Waals surface area contributed by atoms with Gasteiger partial charge in [0, 0.05) is 12.5 Å². The predicted molar refractivity (Wildman–Crippen MR) is 138 cm³/mol. The Hall–Kier alpha value is -2.48. The highest BCUT2D eigenvalue weighted by atomic mass is 16.6. The molecule has 2 bridgehead atoms. The molecule has 1 amide bonds. The van der Waals surface area contributed by atoms with E-state index in [2.05, 4.69) is 13.8 Å². The Kier molecular flexibility index (Phi) is 5.38. The van der Waals surface area contributed by atoms with Gasteiger partial charge in [0.2, 0.25) is 0 Å². The fourth-order valence-corrected chi connectivity index (χ4v) is 8.45. The first kappa shape index (κ1) is 24.8. The van der Waals surface area contributed by atoms with Gasteiger partial charge in [0.05, 0.1) is 11.1 Å². The van der Waals surface area contributed by atoms with E-state index in [0.29, 0.717) is 24.5 Å². The monoisotopic (exact) mass is 507 g/mol. The van der Waals surface area contributed by atoms with E-state index in [9.17, 15) is 24.9 Å². The highest BCUT2D eigenvalue weighted by Gasteiger charge is 2.76. The number of rotatable bonds is 3. The van der Waals surface area contributed by atoms with Crippen LogP contribution in [0.4, 0.5) is 10.5 Å². The molecule has 7 nitrogen and oxygen atoms in total. The molecule has 6 rings (SSSR count). The molecule has 0 saturated heterocycles. The van der Waals surface area contributed by atoms with Crippen molar-refractivity contribution >= 4 is 17.6 Å². The van der Waals surface area contributed by atoms with Crippen molar-refractivity contribution in [3.8, 4) is 0 Å². The summed E-state index contributed by atoms with van der Waals surface area (Å²) in [6.07, 6.45) is 2.14. The Bertz CT molecular complexity index is 1230. The van der Waals surface area contributed by atoms with E-state index >= 15 is 0 Å². The van der Waals surface area contributed by atoms with Gasteiger partial charge < -0.3 is 20.1 Å². The number of benzene rings is 1. The minimum absolute atomic E-state index is 0.0453. The summed E-state index contributed by atoms with van der Waals surface area (Å²) in [5, 5.41) is 35.2. The average Bonchev–Trinajstić information content (AvgIpc) is 3.14. The lowest BCUT2D eigenvalue weighted by molar-refractivity contribution is -0.191. The van der Waals surface area contributed by atoms with E-state index in [-0.39, 0.29) is 35.2 Å². The number of ketones is 1. The lowest BCUT2D eigenvalue weighted by Gasteiger charge is -2.49. The molecule has 1 aromatic rings. The second-order valence-corrected chi connectivity index (χ2v) is 12.4. The van der Waals surface area contributed by atoms with Crippen LogP contribution >= 0.6 is 0 Å². The molecule has 0 unspecified atom stereocenters. The first-order chi connectivity index (χ1) is 17.5. The molecule has 5 aliphatic rings. The minimum atomic E-state index is -2.12. The topological polar surface area (TPSA) is 107 Å². The smallest absolute Gasteiger partial charge is 0.414 e. The number of aliphatic hydroxyl groups excluding tert-OH is 2. The predicted octanol–water partition coefficient (Wildman–Crippen LogP) is 3.41. The van der Waals surface area contributed by atoms with Gasteiger partial charge in [-0.15, -0.1) is 0 Å². The molecule has 7 heteroatoms. The van der Waals surface area contributed by atoms with Crippen LogP contribution in [0.25, 0.3) is 0 Å². The van der Waals surface area contributed by atoms with Crippen LogP contribution in [0.3, 0.4) is 0 Å². The molecule has 1 aromatic carbocycles. The summed E-state index contributed by atoms with van der Waals surface area (Å²) in [4.78, 5) is 29.1. The van der Waals surface area contributed by atoms with Crippen molar-refractivity contribution in [2.24, 2.45) is 34.5 Å². The van der Waals surface area contributed by atoms with Crippen molar-refractivity contribution < 1.29 is 29.6 Å². The highest BCUT2D eigenvalue weighted by molar-refractivity contribution is 5.95. The Morgan fingerprint density at radius 3 is 2.65 bits per heavy atom. The molecule has 1 heterocycles.